The van der Waals surface area contributed by atoms with Crippen molar-refractivity contribution in [1.29, 1.82) is 0 Å². The summed E-state index contributed by atoms with van der Waals surface area (Å²) in [5.74, 6) is 0.240. The molecule has 1 saturated carbocycles. The van der Waals surface area contributed by atoms with Crippen molar-refractivity contribution in [1.82, 2.24) is 10.6 Å². The van der Waals surface area contributed by atoms with Crippen molar-refractivity contribution in [3.8, 4) is 0 Å². The Labute approximate surface area is 85.6 Å². The molecule has 0 aromatic carbocycles. The van der Waals surface area contributed by atoms with E-state index in [0.717, 1.165) is 32.4 Å². The van der Waals surface area contributed by atoms with Gasteiger partial charge in [0.05, 0.1) is 5.41 Å². The zero-order valence-electron chi connectivity index (χ0n) is 9.15. The van der Waals surface area contributed by atoms with E-state index in [2.05, 4.69) is 24.5 Å². The van der Waals surface area contributed by atoms with Gasteiger partial charge in [-0.3, -0.25) is 4.79 Å². The molecule has 0 spiro atoms. The lowest BCUT2D eigenvalue weighted by Gasteiger charge is -2.41. The van der Waals surface area contributed by atoms with E-state index < -0.39 is 0 Å². The molecule has 3 heteroatoms. The minimum Gasteiger partial charge on any atom is -0.350 e. The molecule has 3 nitrogen and oxygen atoms in total. The van der Waals surface area contributed by atoms with E-state index in [1.54, 1.807) is 0 Å². The highest BCUT2D eigenvalue weighted by molar-refractivity contribution is 5.83. The predicted octanol–water partition coefficient (Wildman–Crippen LogP) is 1.04. The van der Waals surface area contributed by atoms with Gasteiger partial charge >= 0.3 is 0 Å². The third kappa shape index (κ3) is 1.65. The molecule has 2 rings (SSSR count). The molecule has 1 atom stereocenters. The molecule has 80 valence electrons. The van der Waals surface area contributed by atoms with Crippen LogP contribution in [-0.4, -0.2) is 24.5 Å². The Morgan fingerprint density at radius 1 is 1.29 bits per heavy atom. The zero-order chi connectivity index (χ0) is 10.2. The van der Waals surface area contributed by atoms with Crippen LogP contribution in [0.5, 0.6) is 0 Å². The minimum atomic E-state index is -0.168. The topological polar surface area (TPSA) is 41.1 Å². The maximum Gasteiger partial charge on any atom is 0.227 e. The Morgan fingerprint density at radius 3 is 2.43 bits per heavy atom. The van der Waals surface area contributed by atoms with Crippen LogP contribution in [-0.2, 0) is 4.79 Å². The number of carbonyl (C=O) groups excluding carboxylic acids is 1. The average molecular weight is 196 g/mol. The SMILES string of the molecule is CC1(NC(=O)C2(C)CCNC2)CCC1. The molecule has 14 heavy (non-hydrogen) atoms. The summed E-state index contributed by atoms with van der Waals surface area (Å²) in [5, 5.41) is 6.45. The van der Waals surface area contributed by atoms with Gasteiger partial charge in [-0.15, -0.1) is 0 Å². The van der Waals surface area contributed by atoms with Crippen LogP contribution in [0.15, 0.2) is 0 Å². The van der Waals surface area contributed by atoms with Crippen molar-refractivity contribution in [3.63, 3.8) is 0 Å². The van der Waals surface area contributed by atoms with Crippen LogP contribution in [0, 0.1) is 5.41 Å². The average Bonchev–Trinajstić information content (AvgIpc) is 2.51. The highest BCUT2D eigenvalue weighted by atomic mass is 16.2. The number of nitrogens with one attached hydrogen (secondary N) is 2. The van der Waals surface area contributed by atoms with Crippen molar-refractivity contribution in [2.24, 2.45) is 5.41 Å². The number of amides is 1. The Kier molecular flexibility index (Phi) is 2.30. The van der Waals surface area contributed by atoms with Gasteiger partial charge in [0.1, 0.15) is 0 Å². The molecule has 0 bridgehead atoms. The van der Waals surface area contributed by atoms with E-state index in [9.17, 15) is 4.79 Å². The lowest BCUT2D eigenvalue weighted by molar-refractivity contribution is -0.132. The van der Waals surface area contributed by atoms with Crippen molar-refractivity contribution >= 4 is 5.91 Å². The lowest BCUT2D eigenvalue weighted by atomic mass is 9.77. The maximum atomic E-state index is 12.0. The van der Waals surface area contributed by atoms with Crippen LogP contribution < -0.4 is 10.6 Å². The van der Waals surface area contributed by atoms with Crippen molar-refractivity contribution < 1.29 is 4.79 Å². The van der Waals surface area contributed by atoms with Gasteiger partial charge in [-0.05, 0) is 46.1 Å². The van der Waals surface area contributed by atoms with E-state index in [4.69, 9.17) is 0 Å². The third-order valence-corrected chi connectivity index (χ3v) is 3.79. The summed E-state index contributed by atoms with van der Waals surface area (Å²) in [4.78, 5) is 12.0. The molecular formula is C11H20N2O. The molecule has 0 aromatic heterocycles. The molecule has 0 aromatic rings. The number of hydrogen-bond acceptors (Lipinski definition) is 2. The van der Waals surface area contributed by atoms with Gasteiger partial charge in [-0.1, -0.05) is 0 Å². The molecular weight excluding hydrogens is 176 g/mol. The smallest absolute Gasteiger partial charge is 0.227 e. The molecule has 0 radical (unpaired) electrons. The van der Waals surface area contributed by atoms with Crippen molar-refractivity contribution in [2.75, 3.05) is 13.1 Å². The summed E-state index contributed by atoms with van der Waals surface area (Å²) in [6.45, 7) is 6.01. The van der Waals surface area contributed by atoms with Crippen LogP contribution in [0.25, 0.3) is 0 Å². The van der Waals surface area contributed by atoms with Crippen molar-refractivity contribution in [3.05, 3.63) is 0 Å². The van der Waals surface area contributed by atoms with Crippen molar-refractivity contribution in [2.45, 2.75) is 45.1 Å². The van der Waals surface area contributed by atoms with Gasteiger partial charge in [-0.2, -0.15) is 0 Å². The highest BCUT2D eigenvalue weighted by Gasteiger charge is 2.41. The largest absolute Gasteiger partial charge is 0.350 e. The van der Waals surface area contributed by atoms with Crippen LogP contribution in [0.1, 0.15) is 39.5 Å². The standard InChI is InChI=1S/C11H20N2O/c1-10(6-7-12-8-10)9(14)13-11(2)4-3-5-11/h12H,3-8H2,1-2H3,(H,13,14). The van der Waals surface area contributed by atoms with Crippen LogP contribution in [0.4, 0.5) is 0 Å². The van der Waals surface area contributed by atoms with Gasteiger partial charge in [0, 0.05) is 12.1 Å². The fourth-order valence-electron chi connectivity index (χ4n) is 2.27. The quantitative estimate of drug-likeness (QED) is 0.693. The fraction of sp³-hybridized carbons (Fsp3) is 0.909. The second-order valence-corrected chi connectivity index (χ2v) is 5.36. The van der Waals surface area contributed by atoms with Crippen LogP contribution in [0.3, 0.4) is 0 Å². The lowest BCUT2D eigenvalue weighted by Crippen LogP contribution is -2.55. The Bertz CT molecular complexity index is 240. The Balaban J connectivity index is 1.94. The van der Waals surface area contributed by atoms with Gasteiger partial charge in [0.15, 0.2) is 0 Å². The summed E-state index contributed by atoms with van der Waals surface area (Å²) < 4.78 is 0. The first-order chi connectivity index (χ1) is 6.54. The van der Waals surface area contributed by atoms with E-state index >= 15 is 0 Å². The third-order valence-electron chi connectivity index (χ3n) is 3.79. The second kappa shape index (κ2) is 3.23. The summed E-state index contributed by atoms with van der Waals surface area (Å²) in [5.41, 5.74) is -0.0682. The van der Waals surface area contributed by atoms with E-state index in [1.165, 1.54) is 6.42 Å². The second-order valence-electron chi connectivity index (χ2n) is 5.36. The fourth-order valence-corrected chi connectivity index (χ4v) is 2.27. The molecule has 2 aliphatic rings. The Morgan fingerprint density at radius 2 is 2.00 bits per heavy atom. The summed E-state index contributed by atoms with van der Waals surface area (Å²) in [6.07, 6.45) is 4.51. The first-order valence-electron chi connectivity index (χ1n) is 5.58. The normalized spacial score (nSPS) is 35.0. The van der Waals surface area contributed by atoms with Gasteiger partial charge in [0.25, 0.3) is 0 Å². The first kappa shape index (κ1) is 9.97. The van der Waals surface area contributed by atoms with Gasteiger partial charge in [-0.25, -0.2) is 0 Å². The Hall–Kier alpha value is -0.570. The van der Waals surface area contributed by atoms with Crippen LogP contribution in [0.2, 0.25) is 0 Å². The van der Waals surface area contributed by atoms with E-state index in [1.807, 2.05) is 0 Å². The molecule has 1 aliphatic carbocycles. The molecule has 1 amide bonds. The number of rotatable bonds is 2. The maximum absolute atomic E-state index is 12.0. The molecule has 1 saturated heterocycles. The van der Waals surface area contributed by atoms with Gasteiger partial charge in [0.2, 0.25) is 5.91 Å². The summed E-state index contributed by atoms with van der Waals surface area (Å²) in [6, 6.07) is 0. The first-order valence-corrected chi connectivity index (χ1v) is 5.58. The number of hydrogen-bond donors (Lipinski definition) is 2. The molecule has 2 fully saturated rings. The molecule has 1 heterocycles. The zero-order valence-corrected chi connectivity index (χ0v) is 9.15. The highest BCUT2D eigenvalue weighted by Crippen LogP contribution is 2.33. The summed E-state index contributed by atoms with van der Waals surface area (Å²) in [7, 11) is 0. The minimum absolute atomic E-state index is 0.0999. The van der Waals surface area contributed by atoms with Gasteiger partial charge < -0.3 is 10.6 Å². The molecule has 1 aliphatic heterocycles. The van der Waals surface area contributed by atoms with E-state index in [-0.39, 0.29) is 16.9 Å². The summed E-state index contributed by atoms with van der Waals surface area (Å²) >= 11 is 0. The molecule has 1 unspecified atom stereocenters. The molecule has 2 N–H and O–H groups in total. The van der Waals surface area contributed by atoms with E-state index in [0.29, 0.717) is 0 Å². The monoisotopic (exact) mass is 196 g/mol. The predicted molar refractivity (Wildman–Crippen MR) is 56.0 cm³/mol. The number of carbonyl (C=O) groups is 1. The van der Waals surface area contributed by atoms with Crippen LogP contribution >= 0.6 is 0 Å².